The summed E-state index contributed by atoms with van der Waals surface area (Å²) in [6.07, 6.45) is 2.74. The summed E-state index contributed by atoms with van der Waals surface area (Å²) >= 11 is 1.64. The molecule has 1 unspecified atom stereocenters. The summed E-state index contributed by atoms with van der Waals surface area (Å²) in [6.45, 7) is 4.20. The van der Waals surface area contributed by atoms with Crippen LogP contribution < -0.4 is 5.73 Å². The zero-order valence-electron chi connectivity index (χ0n) is 11.8. The third-order valence-corrected chi connectivity index (χ3v) is 4.14. The number of nitrogens with two attached hydrogens (primary N) is 1. The molecule has 0 saturated heterocycles. The lowest BCUT2D eigenvalue weighted by Gasteiger charge is -2.10. The second kappa shape index (κ2) is 6.90. The number of hydrogen-bond donors (Lipinski definition) is 1. The maximum absolute atomic E-state index is 12.8. The van der Waals surface area contributed by atoms with Crippen molar-refractivity contribution in [3.63, 3.8) is 0 Å². The first kappa shape index (κ1) is 15.1. The van der Waals surface area contributed by atoms with E-state index >= 15 is 0 Å². The van der Waals surface area contributed by atoms with E-state index in [1.165, 1.54) is 12.1 Å². The predicted octanol–water partition coefficient (Wildman–Crippen LogP) is 3.27. The summed E-state index contributed by atoms with van der Waals surface area (Å²) in [4.78, 5) is 1.04. The number of halogens is 1. The van der Waals surface area contributed by atoms with E-state index in [9.17, 15) is 4.39 Å². The highest BCUT2D eigenvalue weighted by Gasteiger charge is 2.08. The fourth-order valence-corrected chi connectivity index (χ4v) is 2.69. The van der Waals surface area contributed by atoms with Crippen molar-refractivity contribution in [1.82, 2.24) is 9.78 Å². The molecular formula is C15H20FN3S. The molecule has 2 aromatic rings. The Morgan fingerprint density at radius 2 is 1.95 bits per heavy atom. The van der Waals surface area contributed by atoms with Gasteiger partial charge in [0, 0.05) is 35.3 Å². The highest BCUT2D eigenvalue weighted by Crippen LogP contribution is 2.19. The average molecular weight is 293 g/mol. The van der Waals surface area contributed by atoms with Crippen LogP contribution in [0.25, 0.3) is 0 Å². The van der Waals surface area contributed by atoms with Crippen molar-refractivity contribution in [3.8, 4) is 0 Å². The first-order valence-electron chi connectivity index (χ1n) is 6.72. The Morgan fingerprint density at radius 3 is 2.55 bits per heavy atom. The third kappa shape index (κ3) is 4.35. The Hall–Kier alpha value is -1.33. The van der Waals surface area contributed by atoms with E-state index in [-0.39, 0.29) is 11.9 Å². The molecule has 0 amide bonds. The van der Waals surface area contributed by atoms with Gasteiger partial charge in [-0.2, -0.15) is 5.10 Å². The highest BCUT2D eigenvalue weighted by molar-refractivity contribution is 7.99. The molecule has 3 nitrogen and oxygen atoms in total. The zero-order chi connectivity index (χ0) is 14.5. The van der Waals surface area contributed by atoms with Crippen LogP contribution in [0, 0.1) is 5.82 Å². The van der Waals surface area contributed by atoms with Gasteiger partial charge in [0.05, 0.1) is 5.69 Å². The summed E-state index contributed by atoms with van der Waals surface area (Å²) in [5.41, 5.74) is 7.14. The molecule has 108 valence electrons. The first-order chi connectivity index (χ1) is 9.54. The molecule has 0 fully saturated rings. The molecule has 2 N–H and O–H groups in total. The molecule has 0 aliphatic heterocycles. The van der Waals surface area contributed by atoms with Gasteiger partial charge in [-0.05, 0) is 44.2 Å². The molecule has 0 bridgehead atoms. The van der Waals surface area contributed by atoms with Crippen LogP contribution in [0.5, 0.6) is 0 Å². The van der Waals surface area contributed by atoms with Crippen molar-refractivity contribution >= 4 is 11.8 Å². The molecule has 2 rings (SSSR count). The van der Waals surface area contributed by atoms with Crippen molar-refractivity contribution in [3.05, 3.63) is 48.0 Å². The van der Waals surface area contributed by atoms with Gasteiger partial charge in [-0.25, -0.2) is 4.39 Å². The first-order valence-corrected chi connectivity index (χ1v) is 7.71. The molecule has 1 heterocycles. The van der Waals surface area contributed by atoms with Crippen LogP contribution in [0.3, 0.4) is 0 Å². The van der Waals surface area contributed by atoms with Gasteiger partial charge < -0.3 is 5.73 Å². The summed E-state index contributed by atoms with van der Waals surface area (Å²) in [6, 6.07) is 8.92. The monoisotopic (exact) mass is 293 g/mol. The van der Waals surface area contributed by atoms with E-state index in [1.807, 2.05) is 16.9 Å². The van der Waals surface area contributed by atoms with Crippen LogP contribution >= 0.6 is 11.8 Å². The van der Waals surface area contributed by atoms with Crippen molar-refractivity contribution in [2.45, 2.75) is 37.2 Å². The van der Waals surface area contributed by atoms with Crippen molar-refractivity contribution in [2.24, 2.45) is 5.73 Å². The quantitative estimate of drug-likeness (QED) is 0.831. The molecule has 0 spiro atoms. The maximum atomic E-state index is 12.8. The van der Waals surface area contributed by atoms with Crippen LogP contribution in [0.2, 0.25) is 0 Å². The number of thioether (sulfide) groups is 1. The summed E-state index contributed by atoms with van der Waals surface area (Å²) in [5.74, 6) is 0.582. The van der Waals surface area contributed by atoms with Crippen LogP contribution in [0.15, 0.2) is 41.4 Å². The van der Waals surface area contributed by atoms with Gasteiger partial charge in [0.15, 0.2) is 0 Å². The molecule has 1 aromatic heterocycles. The average Bonchev–Trinajstić information content (AvgIpc) is 2.87. The van der Waals surface area contributed by atoms with E-state index < -0.39 is 0 Å². The minimum atomic E-state index is -0.210. The second-order valence-electron chi connectivity index (χ2n) is 5.11. The minimum Gasteiger partial charge on any atom is -0.327 e. The largest absolute Gasteiger partial charge is 0.327 e. The molecule has 0 radical (unpaired) electrons. The Kier molecular flexibility index (Phi) is 5.20. The lowest BCUT2D eigenvalue weighted by atomic mass is 10.2. The third-order valence-electron chi connectivity index (χ3n) is 2.94. The number of rotatable bonds is 6. The second-order valence-corrected chi connectivity index (χ2v) is 6.20. The molecule has 0 aliphatic rings. The number of benzene rings is 1. The van der Waals surface area contributed by atoms with Crippen LogP contribution in [0.1, 0.15) is 25.6 Å². The SMILES string of the molecule is CC(C)n1ccc(CC(N)CSc2ccc(F)cc2)n1. The van der Waals surface area contributed by atoms with Gasteiger partial charge in [-0.3, -0.25) is 4.68 Å². The topological polar surface area (TPSA) is 43.8 Å². The van der Waals surface area contributed by atoms with Crippen molar-refractivity contribution < 1.29 is 4.39 Å². The van der Waals surface area contributed by atoms with Gasteiger partial charge in [0.2, 0.25) is 0 Å². The van der Waals surface area contributed by atoms with Gasteiger partial charge in [-0.1, -0.05) is 0 Å². The maximum Gasteiger partial charge on any atom is 0.123 e. The van der Waals surface area contributed by atoms with E-state index in [4.69, 9.17) is 5.73 Å². The van der Waals surface area contributed by atoms with E-state index in [0.29, 0.717) is 6.04 Å². The van der Waals surface area contributed by atoms with Crippen LogP contribution in [0.4, 0.5) is 4.39 Å². The smallest absolute Gasteiger partial charge is 0.123 e. The van der Waals surface area contributed by atoms with Crippen LogP contribution in [-0.4, -0.2) is 21.6 Å². The van der Waals surface area contributed by atoms with Gasteiger partial charge in [0.1, 0.15) is 5.82 Å². The summed E-state index contributed by atoms with van der Waals surface area (Å²) < 4.78 is 14.7. The van der Waals surface area contributed by atoms with Gasteiger partial charge >= 0.3 is 0 Å². The molecule has 1 aromatic carbocycles. The lowest BCUT2D eigenvalue weighted by molar-refractivity contribution is 0.523. The molecule has 20 heavy (non-hydrogen) atoms. The Morgan fingerprint density at radius 1 is 1.25 bits per heavy atom. The standard InChI is InChI=1S/C15H20FN3S/c1-11(2)19-8-7-14(18-19)9-13(17)10-20-15-5-3-12(16)4-6-15/h3-8,11,13H,9-10,17H2,1-2H3. The fourth-order valence-electron chi connectivity index (χ4n) is 1.84. The number of hydrogen-bond acceptors (Lipinski definition) is 3. The zero-order valence-corrected chi connectivity index (χ0v) is 12.6. The number of nitrogens with zero attached hydrogens (tertiary/aromatic N) is 2. The molecular weight excluding hydrogens is 273 g/mol. The molecule has 1 atom stereocenters. The molecule has 0 aliphatic carbocycles. The van der Waals surface area contributed by atoms with E-state index in [0.717, 1.165) is 22.8 Å². The Bertz CT molecular complexity index is 536. The molecule has 5 heteroatoms. The van der Waals surface area contributed by atoms with Gasteiger partial charge in [-0.15, -0.1) is 11.8 Å². The normalized spacial score (nSPS) is 12.8. The highest BCUT2D eigenvalue weighted by atomic mass is 32.2. The van der Waals surface area contributed by atoms with E-state index in [1.54, 1.807) is 23.9 Å². The minimum absolute atomic E-state index is 0.0422. The molecule has 0 saturated carbocycles. The summed E-state index contributed by atoms with van der Waals surface area (Å²) in [7, 11) is 0. The lowest BCUT2D eigenvalue weighted by Crippen LogP contribution is -2.25. The van der Waals surface area contributed by atoms with Gasteiger partial charge in [0.25, 0.3) is 0 Å². The predicted molar refractivity (Wildman–Crippen MR) is 81.4 cm³/mol. The van der Waals surface area contributed by atoms with Crippen molar-refractivity contribution in [2.75, 3.05) is 5.75 Å². The summed E-state index contributed by atoms with van der Waals surface area (Å²) in [5, 5.41) is 4.49. The van der Waals surface area contributed by atoms with Crippen LogP contribution in [-0.2, 0) is 6.42 Å². The fraction of sp³-hybridized carbons (Fsp3) is 0.400. The number of aromatic nitrogens is 2. The van der Waals surface area contributed by atoms with E-state index in [2.05, 4.69) is 18.9 Å². The Labute approximate surface area is 123 Å². The van der Waals surface area contributed by atoms with Crippen molar-refractivity contribution in [1.29, 1.82) is 0 Å². The Balaban J connectivity index is 1.82.